The van der Waals surface area contributed by atoms with Gasteiger partial charge in [-0.25, -0.2) is 0 Å². The molecular formula is C25H30N2O2. The van der Waals surface area contributed by atoms with Gasteiger partial charge in [0.25, 0.3) is 0 Å². The second-order valence-electron chi connectivity index (χ2n) is 10.00. The molecule has 4 heteroatoms. The molecule has 4 fully saturated rings. The standard InChI is InChI=1S/C25H30N2O2/c1-16-3-4-21(9-17(16)2)22(20-5-7-26-8-6-20)27-23(28)24-11-18-10-19(12-24)14-25(29,13-18)15-24/h3-9,18-19,22,29H,10-15H2,1-2H3,(H,27,28). The van der Waals surface area contributed by atoms with Crippen molar-refractivity contribution in [3.63, 3.8) is 0 Å². The highest BCUT2D eigenvalue weighted by Gasteiger charge is 2.60. The summed E-state index contributed by atoms with van der Waals surface area (Å²) in [4.78, 5) is 17.9. The molecular weight excluding hydrogens is 360 g/mol. The SMILES string of the molecule is Cc1ccc(C(NC(=O)C23CC4CC(CC(O)(C4)C2)C3)c2ccncc2)cc1C. The third-order valence-corrected chi connectivity index (χ3v) is 7.69. The van der Waals surface area contributed by atoms with Gasteiger partial charge in [-0.15, -0.1) is 0 Å². The molecule has 152 valence electrons. The maximum Gasteiger partial charge on any atom is 0.227 e. The third kappa shape index (κ3) is 3.28. The Morgan fingerprint density at radius 2 is 1.72 bits per heavy atom. The largest absolute Gasteiger partial charge is 0.390 e. The van der Waals surface area contributed by atoms with Crippen molar-refractivity contribution in [3.05, 3.63) is 65.0 Å². The number of benzene rings is 1. The average Bonchev–Trinajstić information content (AvgIpc) is 2.67. The van der Waals surface area contributed by atoms with Crippen LogP contribution in [0.2, 0.25) is 0 Å². The van der Waals surface area contributed by atoms with Gasteiger partial charge in [0, 0.05) is 12.4 Å². The number of pyridine rings is 1. The van der Waals surface area contributed by atoms with Crippen molar-refractivity contribution >= 4 is 5.91 Å². The van der Waals surface area contributed by atoms with Crippen LogP contribution in [0.25, 0.3) is 0 Å². The Morgan fingerprint density at radius 1 is 1.03 bits per heavy atom. The number of hydrogen-bond acceptors (Lipinski definition) is 3. The van der Waals surface area contributed by atoms with Crippen molar-refractivity contribution in [2.45, 2.75) is 64.0 Å². The van der Waals surface area contributed by atoms with Crippen LogP contribution < -0.4 is 5.32 Å². The number of carbonyl (C=O) groups excluding carboxylic acids is 1. The van der Waals surface area contributed by atoms with E-state index in [4.69, 9.17) is 0 Å². The lowest BCUT2D eigenvalue weighted by molar-refractivity contribution is -0.178. The van der Waals surface area contributed by atoms with Crippen molar-refractivity contribution in [3.8, 4) is 0 Å². The van der Waals surface area contributed by atoms with Gasteiger partial charge in [0.05, 0.1) is 17.1 Å². The van der Waals surface area contributed by atoms with E-state index in [1.54, 1.807) is 12.4 Å². The lowest BCUT2D eigenvalue weighted by atomic mass is 9.47. The molecule has 4 saturated carbocycles. The number of nitrogens with one attached hydrogen (secondary N) is 1. The monoisotopic (exact) mass is 390 g/mol. The van der Waals surface area contributed by atoms with Crippen LogP contribution in [-0.4, -0.2) is 21.6 Å². The first-order chi connectivity index (χ1) is 13.9. The lowest BCUT2D eigenvalue weighted by Crippen LogP contribution is -2.60. The zero-order chi connectivity index (χ0) is 20.2. The van der Waals surface area contributed by atoms with Crippen LogP contribution in [0.4, 0.5) is 0 Å². The van der Waals surface area contributed by atoms with E-state index in [1.165, 1.54) is 17.5 Å². The van der Waals surface area contributed by atoms with E-state index >= 15 is 0 Å². The Hall–Kier alpha value is -2.20. The Morgan fingerprint density at radius 3 is 2.34 bits per heavy atom. The van der Waals surface area contributed by atoms with Crippen LogP contribution in [0.15, 0.2) is 42.7 Å². The van der Waals surface area contributed by atoms with Gasteiger partial charge in [-0.2, -0.15) is 0 Å². The van der Waals surface area contributed by atoms with Crippen LogP contribution in [-0.2, 0) is 4.79 Å². The summed E-state index contributed by atoms with van der Waals surface area (Å²) < 4.78 is 0. The summed E-state index contributed by atoms with van der Waals surface area (Å²) in [7, 11) is 0. The van der Waals surface area contributed by atoms with Gasteiger partial charge in [0.1, 0.15) is 0 Å². The van der Waals surface area contributed by atoms with E-state index in [0.29, 0.717) is 18.3 Å². The van der Waals surface area contributed by atoms with Crippen molar-refractivity contribution < 1.29 is 9.90 Å². The zero-order valence-corrected chi connectivity index (χ0v) is 17.3. The van der Waals surface area contributed by atoms with Crippen LogP contribution in [0, 0.1) is 31.1 Å². The molecule has 2 aromatic rings. The maximum absolute atomic E-state index is 13.7. The van der Waals surface area contributed by atoms with Crippen molar-refractivity contribution in [1.29, 1.82) is 0 Å². The molecule has 0 aliphatic heterocycles. The van der Waals surface area contributed by atoms with Gasteiger partial charge in [-0.3, -0.25) is 9.78 Å². The fourth-order valence-electron chi connectivity index (χ4n) is 6.62. The normalized spacial score (nSPS) is 33.5. The molecule has 29 heavy (non-hydrogen) atoms. The molecule has 0 spiro atoms. The number of carbonyl (C=O) groups is 1. The minimum Gasteiger partial charge on any atom is -0.390 e. The molecule has 0 radical (unpaired) electrons. The van der Waals surface area contributed by atoms with Gasteiger partial charge < -0.3 is 10.4 Å². The second kappa shape index (κ2) is 6.66. The second-order valence-corrected chi connectivity index (χ2v) is 10.00. The predicted octanol–water partition coefficient (Wildman–Crippen LogP) is 4.24. The molecule has 3 atom stereocenters. The quantitative estimate of drug-likeness (QED) is 0.821. The van der Waals surface area contributed by atoms with E-state index in [0.717, 1.165) is 36.8 Å². The van der Waals surface area contributed by atoms with E-state index in [2.05, 4.69) is 42.3 Å². The minimum absolute atomic E-state index is 0.116. The highest BCUT2D eigenvalue weighted by Crippen LogP contribution is 2.61. The summed E-state index contributed by atoms with van der Waals surface area (Å²) in [5.41, 5.74) is 3.56. The number of aliphatic hydroxyl groups is 1. The third-order valence-electron chi connectivity index (χ3n) is 7.69. The molecule has 1 aromatic carbocycles. The molecule has 4 aliphatic rings. The van der Waals surface area contributed by atoms with Gasteiger partial charge in [-0.1, -0.05) is 18.2 Å². The highest BCUT2D eigenvalue weighted by atomic mass is 16.3. The van der Waals surface area contributed by atoms with Gasteiger partial charge in [0.2, 0.25) is 5.91 Å². The van der Waals surface area contributed by atoms with Gasteiger partial charge in [0.15, 0.2) is 0 Å². The first kappa shape index (κ1) is 18.8. The summed E-state index contributed by atoms with van der Waals surface area (Å²) in [6, 6.07) is 10.2. The Kier molecular flexibility index (Phi) is 4.32. The number of amides is 1. The number of aromatic nitrogens is 1. The molecule has 3 unspecified atom stereocenters. The fraction of sp³-hybridized carbons (Fsp3) is 0.520. The minimum atomic E-state index is -0.631. The summed E-state index contributed by atoms with van der Waals surface area (Å²) in [6.07, 6.45) is 8.97. The number of aryl methyl sites for hydroxylation is 2. The first-order valence-corrected chi connectivity index (χ1v) is 10.9. The van der Waals surface area contributed by atoms with E-state index in [9.17, 15) is 9.90 Å². The van der Waals surface area contributed by atoms with Gasteiger partial charge in [-0.05, 0) is 98.6 Å². The van der Waals surface area contributed by atoms with Gasteiger partial charge >= 0.3 is 0 Å². The van der Waals surface area contributed by atoms with Crippen LogP contribution in [0.5, 0.6) is 0 Å². The number of rotatable bonds is 4. The molecule has 4 nitrogen and oxygen atoms in total. The predicted molar refractivity (Wildman–Crippen MR) is 112 cm³/mol. The number of nitrogens with zero attached hydrogens (tertiary/aromatic N) is 1. The Labute approximate surface area is 172 Å². The van der Waals surface area contributed by atoms with Crippen molar-refractivity contribution in [2.24, 2.45) is 17.3 Å². The summed E-state index contributed by atoms with van der Waals surface area (Å²) >= 11 is 0. The summed E-state index contributed by atoms with van der Waals surface area (Å²) in [6.45, 7) is 4.22. The molecule has 2 N–H and O–H groups in total. The maximum atomic E-state index is 13.7. The van der Waals surface area contributed by atoms with E-state index in [1.807, 2.05) is 12.1 Å². The smallest absolute Gasteiger partial charge is 0.227 e. The lowest BCUT2D eigenvalue weighted by Gasteiger charge is -2.59. The summed E-state index contributed by atoms with van der Waals surface area (Å²) in [5.74, 6) is 1.10. The van der Waals surface area contributed by atoms with Crippen LogP contribution >= 0.6 is 0 Å². The zero-order valence-electron chi connectivity index (χ0n) is 17.3. The Balaban J connectivity index is 1.48. The van der Waals surface area contributed by atoms with E-state index in [-0.39, 0.29) is 11.9 Å². The van der Waals surface area contributed by atoms with Crippen LogP contribution in [0.1, 0.15) is 66.8 Å². The molecule has 1 heterocycles. The topological polar surface area (TPSA) is 62.2 Å². The van der Waals surface area contributed by atoms with Crippen LogP contribution in [0.3, 0.4) is 0 Å². The average molecular weight is 391 g/mol. The van der Waals surface area contributed by atoms with E-state index < -0.39 is 11.0 Å². The molecule has 1 aromatic heterocycles. The summed E-state index contributed by atoms with van der Waals surface area (Å²) in [5, 5.41) is 14.5. The fourth-order valence-corrected chi connectivity index (χ4v) is 6.62. The van der Waals surface area contributed by atoms with Crippen molar-refractivity contribution in [1.82, 2.24) is 10.3 Å². The number of hydrogen-bond donors (Lipinski definition) is 2. The molecule has 1 amide bonds. The molecule has 0 saturated heterocycles. The van der Waals surface area contributed by atoms with Crippen molar-refractivity contribution in [2.75, 3.05) is 0 Å². The first-order valence-electron chi connectivity index (χ1n) is 10.9. The highest BCUT2D eigenvalue weighted by molar-refractivity contribution is 5.84. The molecule has 6 rings (SSSR count). The molecule has 4 aliphatic carbocycles. The molecule has 4 bridgehead atoms. The Bertz CT molecular complexity index is 925.